The van der Waals surface area contributed by atoms with E-state index < -0.39 is 0 Å². The molecule has 3 unspecified atom stereocenters. The summed E-state index contributed by atoms with van der Waals surface area (Å²) in [6, 6.07) is 12.3. The first-order chi connectivity index (χ1) is 13.7. The molecule has 3 atom stereocenters. The van der Waals surface area contributed by atoms with E-state index in [0.717, 1.165) is 12.0 Å². The molecule has 0 saturated carbocycles. The fraction of sp³-hybridized carbons (Fsp3) is 0.381. The molecule has 2 aromatic carbocycles. The lowest BCUT2D eigenvalue weighted by atomic mass is 9.85. The van der Waals surface area contributed by atoms with E-state index in [2.05, 4.69) is 10.9 Å². The quantitative estimate of drug-likeness (QED) is 0.833. The molecule has 0 bridgehead atoms. The van der Waals surface area contributed by atoms with Crippen LogP contribution in [0.4, 0.5) is 4.39 Å². The number of halogens is 1. The van der Waals surface area contributed by atoms with Gasteiger partial charge < -0.3 is 14.4 Å². The Kier molecular flexibility index (Phi) is 4.41. The molecule has 2 fully saturated rings. The van der Waals surface area contributed by atoms with Gasteiger partial charge in [0.1, 0.15) is 19.0 Å². The van der Waals surface area contributed by atoms with Crippen molar-refractivity contribution < 1.29 is 18.7 Å². The van der Waals surface area contributed by atoms with Crippen LogP contribution in [0.5, 0.6) is 11.5 Å². The highest BCUT2D eigenvalue weighted by Gasteiger charge is 2.42. The van der Waals surface area contributed by atoms with Crippen LogP contribution < -0.4 is 20.3 Å². The number of carbonyl (C=O) groups excluding carboxylic acids is 1. The molecule has 0 spiro atoms. The van der Waals surface area contributed by atoms with Crippen molar-refractivity contribution in [3.05, 3.63) is 59.4 Å². The predicted octanol–water partition coefficient (Wildman–Crippen LogP) is 2.28. The Hall–Kier alpha value is -2.64. The molecule has 0 aromatic heterocycles. The number of ether oxygens (including phenoxy) is 2. The van der Waals surface area contributed by atoms with Gasteiger partial charge in [-0.05, 0) is 36.2 Å². The number of hydrogen-bond acceptors (Lipinski definition) is 5. The Balaban J connectivity index is 1.39. The predicted molar refractivity (Wildman–Crippen MR) is 101 cm³/mol. The summed E-state index contributed by atoms with van der Waals surface area (Å²) >= 11 is 0. The summed E-state index contributed by atoms with van der Waals surface area (Å²) in [5, 5.41) is 0. The van der Waals surface area contributed by atoms with Crippen molar-refractivity contribution in [2.24, 2.45) is 5.92 Å². The summed E-state index contributed by atoms with van der Waals surface area (Å²) in [4.78, 5) is 15.1. The molecule has 2 N–H and O–H groups in total. The third-order valence-corrected chi connectivity index (χ3v) is 5.80. The summed E-state index contributed by atoms with van der Waals surface area (Å²) in [6.45, 7) is 2.19. The number of amides is 1. The SMILES string of the molecule is O=C(c1cccc2c1OCCO2)N1CCC2NNC(c3cccc(F)c3)C2C1. The van der Waals surface area contributed by atoms with E-state index in [4.69, 9.17) is 9.47 Å². The Labute approximate surface area is 162 Å². The number of benzene rings is 2. The second-order valence-electron chi connectivity index (χ2n) is 7.46. The van der Waals surface area contributed by atoms with Gasteiger partial charge in [-0.3, -0.25) is 10.2 Å². The van der Waals surface area contributed by atoms with E-state index >= 15 is 0 Å². The molecular formula is C21H22FN3O3. The number of hydrogen-bond donors (Lipinski definition) is 2. The van der Waals surface area contributed by atoms with Crippen LogP contribution in [-0.4, -0.2) is 43.2 Å². The van der Waals surface area contributed by atoms with Gasteiger partial charge in [0.15, 0.2) is 11.5 Å². The average Bonchev–Trinajstić information content (AvgIpc) is 3.16. The minimum absolute atomic E-state index is 0.0411. The number of likely N-dealkylation sites (tertiary alicyclic amines) is 1. The maximum atomic E-state index is 13.7. The van der Waals surface area contributed by atoms with Gasteiger partial charge >= 0.3 is 0 Å². The summed E-state index contributed by atoms with van der Waals surface area (Å²) in [6.07, 6.45) is 0.835. The maximum absolute atomic E-state index is 13.7. The van der Waals surface area contributed by atoms with Crippen LogP contribution in [0.15, 0.2) is 42.5 Å². The number of rotatable bonds is 2. The van der Waals surface area contributed by atoms with Gasteiger partial charge in [-0.25, -0.2) is 9.82 Å². The first-order valence-electron chi connectivity index (χ1n) is 9.65. The van der Waals surface area contributed by atoms with Crippen molar-refractivity contribution in [1.82, 2.24) is 15.8 Å². The summed E-state index contributed by atoms with van der Waals surface area (Å²) < 4.78 is 25.0. The van der Waals surface area contributed by atoms with Crippen molar-refractivity contribution in [3.63, 3.8) is 0 Å². The monoisotopic (exact) mass is 383 g/mol. The second-order valence-corrected chi connectivity index (χ2v) is 7.46. The zero-order chi connectivity index (χ0) is 19.1. The van der Waals surface area contributed by atoms with Gasteiger partial charge in [-0.15, -0.1) is 0 Å². The summed E-state index contributed by atoms with van der Waals surface area (Å²) in [5.41, 5.74) is 8.04. The highest BCUT2D eigenvalue weighted by Crippen LogP contribution is 2.37. The van der Waals surface area contributed by atoms with Gasteiger partial charge in [-0.1, -0.05) is 18.2 Å². The number of hydrazine groups is 1. The van der Waals surface area contributed by atoms with Crippen molar-refractivity contribution in [1.29, 1.82) is 0 Å². The molecule has 3 aliphatic heterocycles. The fourth-order valence-electron chi connectivity index (χ4n) is 4.43. The minimum atomic E-state index is -0.250. The Morgan fingerprint density at radius 3 is 2.86 bits per heavy atom. The topological polar surface area (TPSA) is 62.8 Å². The maximum Gasteiger partial charge on any atom is 0.257 e. The molecule has 3 heterocycles. The van der Waals surface area contributed by atoms with Gasteiger partial charge in [0.25, 0.3) is 5.91 Å². The molecular weight excluding hydrogens is 361 g/mol. The summed E-state index contributed by atoms with van der Waals surface area (Å²) in [7, 11) is 0. The van der Waals surface area contributed by atoms with Crippen molar-refractivity contribution in [2.45, 2.75) is 18.5 Å². The number of carbonyl (C=O) groups is 1. The molecule has 1 amide bonds. The van der Waals surface area contributed by atoms with Gasteiger partial charge in [-0.2, -0.15) is 0 Å². The smallest absolute Gasteiger partial charge is 0.257 e. The van der Waals surface area contributed by atoms with Crippen LogP contribution in [0.3, 0.4) is 0 Å². The van der Waals surface area contributed by atoms with Crippen molar-refractivity contribution >= 4 is 5.91 Å². The van der Waals surface area contributed by atoms with E-state index in [-0.39, 0.29) is 29.7 Å². The number of fused-ring (bicyclic) bond motifs is 2. The number of para-hydroxylation sites is 1. The highest BCUT2D eigenvalue weighted by atomic mass is 19.1. The molecule has 28 heavy (non-hydrogen) atoms. The third-order valence-electron chi connectivity index (χ3n) is 5.80. The molecule has 2 saturated heterocycles. The van der Waals surface area contributed by atoms with Crippen LogP contribution in [0, 0.1) is 11.7 Å². The van der Waals surface area contributed by atoms with Crippen LogP contribution >= 0.6 is 0 Å². The Morgan fingerprint density at radius 1 is 1.11 bits per heavy atom. The average molecular weight is 383 g/mol. The van der Waals surface area contributed by atoms with E-state index in [9.17, 15) is 9.18 Å². The molecule has 5 rings (SSSR count). The lowest BCUT2D eigenvalue weighted by molar-refractivity contribution is 0.0643. The van der Waals surface area contributed by atoms with Gasteiger partial charge in [0, 0.05) is 25.0 Å². The Bertz CT molecular complexity index is 906. The largest absolute Gasteiger partial charge is 0.486 e. The molecule has 146 valence electrons. The van der Waals surface area contributed by atoms with Crippen LogP contribution in [0.25, 0.3) is 0 Å². The van der Waals surface area contributed by atoms with E-state index in [0.29, 0.717) is 43.4 Å². The second kappa shape index (κ2) is 7.07. The minimum Gasteiger partial charge on any atom is -0.486 e. The van der Waals surface area contributed by atoms with Crippen LogP contribution in [-0.2, 0) is 0 Å². The first-order valence-corrected chi connectivity index (χ1v) is 9.65. The molecule has 3 aliphatic rings. The third kappa shape index (κ3) is 3.00. The summed E-state index contributed by atoms with van der Waals surface area (Å²) in [5.74, 6) is 1.01. The highest BCUT2D eigenvalue weighted by molar-refractivity contribution is 5.98. The van der Waals surface area contributed by atoms with Gasteiger partial charge in [0.05, 0.1) is 11.6 Å². The molecule has 7 heteroatoms. The lowest BCUT2D eigenvalue weighted by Crippen LogP contribution is -2.48. The lowest BCUT2D eigenvalue weighted by Gasteiger charge is -2.36. The molecule has 0 radical (unpaired) electrons. The first kappa shape index (κ1) is 17.5. The number of nitrogens with one attached hydrogen (secondary N) is 2. The number of nitrogens with zero attached hydrogens (tertiary/aromatic N) is 1. The standard InChI is InChI=1S/C21H22FN3O3/c22-14-4-1-3-13(11-14)19-16-12-25(8-7-17(16)23-24-19)21(26)15-5-2-6-18-20(15)28-10-9-27-18/h1-6,11,16-17,19,23-24H,7-10,12H2. The molecule has 0 aliphatic carbocycles. The fourth-order valence-corrected chi connectivity index (χ4v) is 4.43. The molecule has 2 aromatic rings. The van der Waals surface area contributed by atoms with Crippen molar-refractivity contribution in [3.8, 4) is 11.5 Å². The zero-order valence-electron chi connectivity index (χ0n) is 15.4. The van der Waals surface area contributed by atoms with Crippen LogP contribution in [0.2, 0.25) is 0 Å². The van der Waals surface area contributed by atoms with Gasteiger partial charge in [0.2, 0.25) is 0 Å². The van der Waals surface area contributed by atoms with Crippen LogP contribution in [0.1, 0.15) is 28.4 Å². The Morgan fingerprint density at radius 2 is 1.96 bits per heavy atom. The normalized spacial score (nSPS) is 26.0. The number of piperidine rings is 1. The molecule has 6 nitrogen and oxygen atoms in total. The van der Waals surface area contributed by atoms with E-state index in [1.165, 1.54) is 6.07 Å². The van der Waals surface area contributed by atoms with E-state index in [1.807, 2.05) is 23.1 Å². The van der Waals surface area contributed by atoms with Crippen molar-refractivity contribution in [2.75, 3.05) is 26.3 Å². The zero-order valence-corrected chi connectivity index (χ0v) is 15.4. The van der Waals surface area contributed by atoms with E-state index in [1.54, 1.807) is 18.2 Å².